The summed E-state index contributed by atoms with van der Waals surface area (Å²) in [5.41, 5.74) is 3.94. The number of fused-ring (bicyclic) bond motifs is 1. The molecule has 1 N–H and O–H groups in total. The van der Waals surface area contributed by atoms with Crippen LogP contribution in [0.2, 0.25) is 0 Å². The highest BCUT2D eigenvalue weighted by Crippen LogP contribution is 2.33. The van der Waals surface area contributed by atoms with Gasteiger partial charge in [-0.05, 0) is 68.0 Å². The zero-order valence-electron chi connectivity index (χ0n) is 23.0. The second kappa shape index (κ2) is 11.9. The summed E-state index contributed by atoms with van der Waals surface area (Å²) in [5, 5.41) is 10.6. The number of allylic oxidation sites excluding steroid dienone is 2. The Labute approximate surface area is 232 Å². The highest BCUT2D eigenvalue weighted by atomic mass is 32.1. The Balaban J connectivity index is 1.93. The molecule has 1 aliphatic rings. The molecule has 0 saturated carbocycles. The number of hydrogen-bond donors (Lipinski definition) is 1. The second-order valence-corrected chi connectivity index (χ2v) is 10.6. The lowest BCUT2D eigenvalue weighted by molar-refractivity contribution is -0.139. The van der Waals surface area contributed by atoms with E-state index in [0.29, 0.717) is 56.4 Å². The maximum absolute atomic E-state index is 13.9. The average Bonchev–Trinajstić information content (AvgIpc) is 3.20. The molecule has 0 bridgehead atoms. The molecule has 0 saturated heterocycles. The van der Waals surface area contributed by atoms with E-state index in [-0.39, 0.29) is 17.9 Å². The molecule has 3 aromatic rings. The normalized spacial score (nSPS) is 15.2. The largest absolute Gasteiger partial charge is 0.504 e. The molecule has 0 fully saturated rings. The number of benzene rings is 2. The molecule has 7 nitrogen and oxygen atoms in total. The SMILES string of the molecule is C=CCc1cc(C=c2sc3n(c2=O)C(c2ccc(C(C)C)cc2)C(C(=O)OCC)=C(C)N=3)cc(OCC)c1O. The Morgan fingerprint density at radius 3 is 2.54 bits per heavy atom. The molecular weight excluding hydrogens is 512 g/mol. The Hall–Kier alpha value is -3.91. The fraction of sp³-hybridized carbons (Fsp3) is 0.323. The van der Waals surface area contributed by atoms with Crippen molar-refractivity contribution in [1.82, 2.24) is 4.57 Å². The Kier molecular flexibility index (Phi) is 8.55. The standard InChI is InChI=1S/C31H34N2O5S/c1-7-10-23-15-20(16-24(28(23)34)37-8-2)17-25-29(35)33-27(22-13-11-21(12-14-22)18(4)5)26(30(36)38-9-3)19(6)32-31(33)39-25/h7,11-18,27,34H,1,8-10H2,2-6H3. The molecule has 2 aromatic carbocycles. The number of phenols is 1. The number of ether oxygens (including phenoxy) is 2. The van der Waals surface area contributed by atoms with Crippen LogP contribution in [-0.4, -0.2) is 28.9 Å². The van der Waals surface area contributed by atoms with E-state index in [9.17, 15) is 14.7 Å². The van der Waals surface area contributed by atoms with E-state index in [4.69, 9.17) is 9.47 Å². The highest BCUT2D eigenvalue weighted by molar-refractivity contribution is 7.07. The summed E-state index contributed by atoms with van der Waals surface area (Å²) in [6.45, 7) is 14.0. The van der Waals surface area contributed by atoms with Gasteiger partial charge < -0.3 is 14.6 Å². The highest BCUT2D eigenvalue weighted by Gasteiger charge is 2.33. The van der Waals surface area contributed by atoms with Crippen LogP contribution in [0.25, 0.3) is 6.08 Å². The van der Waals surface area contributed by atoms with Gasteiger partial charge in [0.15, 0.2) is 16.3 Å². The maximum atomic E-state index is 13.9. The van der Waals surface area contributed by atoms with E-state index >= 15 is 0 Å². The first-order chi connectivity index (χ1) is 18.7. The fourth-order valence-electron chi connectivity index (χ4n) is 4.67. The zero-order valence-corrected chi connectivity index (χ0v) is 23.8. The van der Waals surface area contributed by atoms with Crippen LogP contribution in [-0.2, 0) is 16.0 Å². The van der Waals surface area contributed by atoms with Crippen molar-refractivity contribution in [1.29, 1.82) is 0 Å². The topological polar surface area (TPSA) is 90.1 Å². The minimum Gasteiger partial charge on any atom is -0.504 e. The number of thiazole rings is 1. The minimum absolute atomic E-state index is 0.0647. The number of rotatable bonds is 9. The zero-order chi connectivity index (χ0) is 28.3. The Morgan fingerprint density at radius 2 is 1.92 bits per heavy atom. The monoisotopic (exact) mass is 546 g/mol. The van der Waals surface area contributed by atoms with Crippen molar-refractivity contribution in [3.05, 3.63) is 102 Å². The molecule has 1 aromatic heterocycles. The third-order valence-electron chi connectivity index (χ3n) is 6.57. The molecule has 1 aliphatic heterocycles. The lowest BCUT2D eigenvalue weighted by Crippen LogP contribution is -2.39. The lowest BCUT2D eigenvalue weighted by atomic mass is 9.93. The number of aromatic hydroxyl groups is 1. The third kappa shape index (κ3) is 5.61. The molecule has 0 radical (unpaired) electrons. The van der Waals surface area contributed by atoms with E-state index in [1.807, 2.05) is 37.3 Å². The van der Waals surface area contributed by atoms with Crippen molar-refractivity contribution in [3.63, 3.8) is 0 Å². The summed E-state index contributed by atoms with van der Waals surface area (Å²) in [6, 6.07) is 10.8. The minimum atomic E-state index is -0.668. The molecule has 1 atom stereocenters. The molecule has 0 aliphatic carbocycles. The number of esters is 1. The van der Waals surface area contributed by atoms with E-state index in [2.05, 4.69) is 25.4 Å². The maximum Gasteiger partial charge on any atom is 0.338 e. The molecule has 204 valence electrons. The van der Waals surface area contributed by atoms with Gasteiger partial charge in [0.25, 0.3) is 5.56 Å². The van der Waals surface area contributed by atoms with Crippen molar-refractivity contribution in [2.24, 2.45) is 4.99 Å². The van der Waals surface area contributed by atoms with Gasteiger partial charge in [0.1, 0.15) is 0 Å². The van der Waals surface area contributed by atoms with Crippen LogP contribution < -0.4 is 19.6 Å². The molecule has 4 rings (SSSR count). The van der Waals surface area contributed by atoms with Crippen LogP contribution in [0.1, 0.15) is 68.8 Å². The number of nitrogens with zero attached hydrogens (tertiary/aromatic N) is 2. The summed E-state index contributed by atoms with van der Waals surface area (Å²) >= 11 is 1.26. The predicted molar refractivity (Wildman–Crippen MR) is 154 cm³/mol. The summed E-state index contributed by atoms with van der Waals surface area (Å²) < 4.78 is 13.0. The van der Waals surface area contributed by atoms with E-state index in [0.717, 1.165) is 11.1 Å². The van der Waals surface area contributed by atoms with Crippen molar-refractivity contribution in [3.8, 4) is 11.5 Å². The van der Waals surface area contributed by atoms with Crippen molar-refractivity contribution >= 4 is 23.4 Å². The predicted octanol–water partition coefficient (Wildman–Crippen LogP) is 4.75. The van der Waals surface area contributed by atoms with Crippen molar-refractivity contribution in [2.75, 3.05) is 13.2 Å². The van der Waals surface area contributed by atoms with Gasteiger partial charge in [-0.3, -0.25) is 9.36 Å². The summed E-state index contributed by atoms with van der Waals surface area (Å²) in [6.07, 6.45) is 3.91. The van der Waals surface area contributed by atoms with Gasteiger partial charge in [0, 0.05) is 5.56 Å². The molecular formula is C31H34N2O5S. The van der Waals surface area contributed by atoms with Crippen LogP contribution in [0.5, 0.6) is 11.5 Å². The first kappa shape index (κ1) is 28.1. The van der Waals surface area contributed by atoms with Crippen LogP contribution in [0.15, 0.2) is 70.1 Å². The van der Waals surface area contributed by atoms with Crippen LogP contribution in [0.4, 0.5) is 0 Å². The average molecular weight is 547 g/mol. The number of carbonyl (C=O) groups excluding carboxylic acids is 1. The quantitative estimate of drug-likeness (QED) is 0.309. The van der Waals surface area contributed by atoms with E-state index in [1.165, 1.54) is 11.3 Å². The van der Waals surface area contributed by atoms with Gasteiger partial charge in [0.05, 0.1) is 35.1 Å². The molecule has 1 unspecified atom stereocenters. The van der Waals surface area contributed by atoms with Crippen LogP contribution in [0.3, 0.4) is 0 Å². The van der Waals surface area contributed by atoms with Gasteiger partial charge in [-0.1, -0.05) is 55.5 Å². The molecule has 39 heavy (non-hydrogen) atoms. The van der Waals surface area contributed by atoms with Crippen molar-refractivity contribution < 1.29 is 19.4 Å². The van der Waals surface area contributed by atoms with Crippen LogP contribution in [0, 0.1) is 0 Å². The summed E-state index contributed by atoms with van der Waals surface area (Å²) in [7, 11) is 0. The van der Waals surface area contributed by atoms with Gasteiger partial charge >= 0.3 is 5.97 Å². The van der Waals surface area contributed by atoms with E-state index < -0.39 is 12.0 Å². The number of aromatic nitrogens is 1. The lowest BCUT2D eigenvalue weighted by Gasteiger charge is -2.25. The first-order valence-electron chi connectivity index (χ1n) is 13.1. The summed E-state index contributed by atoms with van der Waals surface area (Å²) in [5.74, 6) is 0.273. The molecule has 0 spiro atoms. The van der Waals surface area contributed by atoms with Crippen molar-refractivity contribution in [2.45, 2.75) is 53.0 Å². The van der Waals surface area contributed by atoms with Gasteiger partial charge in [-0.15, -0.1) is 6.58 Å². The molecule has 8 heteroatoms. The number of carbonyl (C=O) groups is 1. The fourth-order valence-corrected chi connectivity index (χ4v) is 5.72. The van der Waals surface area contributed by atoms with Gasteiger partial charge in [-0.25, -0.2) is 9.79 Å². The Morgan fingerprint density at radius 1 is 1.21 bits per heavy atom. The van der Waals surface area contributed by atoms with E-state index in [1.54, 1.807) is 36.6 Å². The van der Waals surface area contributed by atoms with Crippen LogP contribution >= 0.6 is 11.3 Å². The molecule has 2 heterocycles. The summed E-state index contributed by atoms with van der Waals surface area (Å²) in [4.78, 5) is 32.2. The van der Waals surface area contributed by atoms with Gasteiger partial charge in [0.2, 0.25) is 0 Å². The number of hydrogen-bond acceptors (Lipinski definition) is 7. The Bertz CT molecular complexity index is 1610. The second-order valence-electron chi connectivity index (χ2n) is 9.58. The number of phenolic OH excluding ortho intramolecular Hbond substituents is 1. The first-order valence-corrected chi connectivity index (χ1v) is 13.9. The molecule has 0 amide bonds. The third-order valence-corrected chi connectivity index (χ3v) is 7.56. The smallest absolute Gasteiger partial charge is 0.338 e. The van der Waals surface area contributed by atoms with Gasteiger partial charge in [-0.2, -0.15) is 0 Å².